The van der Waals surface area contributed by atoms with Crippen molar-refractivity contribution in [2.75, 3.05) is 0 Å². The number of furan rings is 1. The molecule has 0 aliphatic rings. The molecule has 5 N–H and O–H groups in total. The zero-order valence-electron chi connectivity index (χ0n) is 15.2. The summed E-state index contributed by atoms with van der Waals surface area (Å²) in [6.45, 7) is 1.77. The summed E-state index contributed by atoms with van der Waals surface area (Å²) in [4.78, 5) is 35.9. The molecule has 0 radical (unpaired) electrons. The van der Waals surface area contributed by atoms with Crippen LogP contribution in [0.4, 0.5) is 4.79 Å². The second kappa shape index (κ2) is 8.26. The molecule has 28 heavy (non-hydrogen) atoms. The number of hydrogen-bond acceptors (Lipinski definition) is 4. The van der Waals surface area contributed by atoms with Gasteiger partial charge in [-0.05, 0) is 18.6 Å². The van der Waals surface area contributed by atoms with E-state index in [4.69, 9.17) is 10.2 Å². The summed E-state index contributed by atoms with van der Waals surface area (Å²) in [5.41, 5.74) is 11.9. The number of fused-ring (bicyclic) bond motifs is 1. The molecule has 0 fully saturated rings. The number of urea groups is 1. The number of carbonyl (C=O) groups is 3. The fourth-order valence-electron chi connectivity index (χ4n) is 2.92. The number of amides is 4. The Balaban J connectivity index is 1.64. The minimum atomic E-state index is -0.747. The molecular weight excluding hydrogens is 360 g/mol. The lowest BCUT2D eigenvalue weighted by atomic mass is 10.0. The topological polar surface area (TPSA) is 126 Å². The van der Waals surface area contributed by atoms with Gasteiger partial charge in [0.05, 0.1) is 12.5 Å². The zero-order chi connectivity index (χ0) is 20.1. The van der Waals surface area contributed by atoms with E-state index in [1.165, 1.54) is 0 Å². The Labute approximate surface area is 161 Å². The number of para-hydroxylation sites is 1. The van der Waals surface area contributed by atoms with E-state index in [2.05, 4.69) is 16.2 Å². The lowest BCUT2D eigenvalue weighted by Gasteiger charge is -2.17. The van der Waals surface area contributed by atoms with Gasteiger partial charge in [0.2, 0.25) is 5.91 Å². The quantitative estimate of drug-likeness (QED) is 0.507. The third kappa shape index (κ3) is 4.29. The molecule has 1 atom stereocenters. The van der Waals surface area contributed by atoms with Crippen molar-refractivity contribution in [1.29, 1.82) is 0 Å². The van der Waals surface area contributed by atoms with Crippen LogP contribution < -0.4 is 21.9 Å². The first-order valence-electron chi connectivity index (χ1n) is 8.64. The summed E-state index contributed by atoms with van der Waals surface area (Å²) in [6, 6.07) is 14.8. The van der Waals surface area contributed by atoms with Gasteiger partial charge in [0.15, 0.2) is 5.76 Å². The minimum absolute atomic E-state index is 0.105. The predicted octanol–water partition coefficient (Wildman–Crippen LogP) is 2.30. The normalized spacial score (nSPS) is 11.6. The molecule has 8 heteroatoms. The maximum atomic E-state index is 12.4. The Bertz CT molecular complexity index is 1010. The number of primary amides is 1. The second-order valence-electron chi connectivity index (χ2n) is 6.23. The van der Waals surface area contributed by atoms with Crippen molar-refractivity contribution < 1.29 is 18.8 Å². The van der Waals surface area contributed by atoms with Crippen molar-refractivity contribution in [1.82, 2.24) is 16.2 Å². The maximum absolute atomic E-state index is 12.4. The van der Waals surface area contributed by atoms with Crippen LogP contribution >= 0.6 is 0 Å². The first-order chi connectivity index (χ1) is 13.5. The molecule has 3 rings (SSSR count). The molecule has 0 unspecified atom stereocenters. The molecule has 1 heterocycles. The van der Waals surface area contributed by atoms with E-state index < -0.39 is 23.9 Å². The van der Waals surface area contributed by atoms with Gasteiger partial charge in [-0.15, -0.1) is 0 Å². The molecule has 0 aliphatic carbocycles. The van der Waals surface area contributed by atoms with Crippen molar-refractivity contribution in [2.45, 2.75) is 19.4 Å². The van der Waals surface area contributed by atoms with E-state index >= 15 is 0 Å². The largest absolute Gasteiger partial charge is 0.451 e. The van der Waals surface area contributed by atoms with Gasteiger partial charge in [0.1, 0.15) is 5.58 Å². The Morgan fingerprint density at radius 2 is 1.68 bits per heavy atom. The van der Waals surface area contributed by atoms with E-state index in [9.17, 15) is 14.4 Å². The molecule has 0 spiro atoms. The standard InChI is InChI=1S/C20H20N4O4/c1-12-14-9-5-6-10-16(14)28-18(12)19(26)24-23-17(25)11-15(22-20(21)27)13-7-3-2-4-8-13/h2-10,15H,11H2,1H3,(H,23,25)(H,24,26)(H3,21,22,27)/t15-/m0/s1. The summed E-state index contributed by atoms with van der Waals surface area (Å²) in [7, 11) is 0. The molecular formula is C20H20N4O4. The van der Waals surface area contributed by atoms with Crippen LogP contribution in [-0.2, 0) is 4.79 Å². The SMILES string of the molecule is Cc1c(C(=O)NNC(=O)C[C@H](NC(N)=O)c2ccccc2)oc2ccccc12. The molecule has 8 nitrogen and oxygen atoms in total. The van der Waals surface area contributed by atoms with Crippen LogP contribution in [0, 0.1) is 6.92 Å². The number of hydrogen-bond donors (Lipinski definition) is 4. The first-order valence-corrected chi connectivity index (χ1v) is 8.64. The second-order valence-corrected chi connectivity index (χ2v) is 6.23. The number of nitrogens with one attached hydrogen (secondary N) is 3. The smallest absolute Gasteiger partial charge is 0.312 e. The molecule has 4 amide bonds. The van der Waals surface area contributed by atoms with Crippen LogP contribution in [0.1, 0.15) is 34.1 Å². The van der Waals surface area contributed by atoms with Gasteiger partial charge in [-0.3, -0.25) is 20.4 Å². The van der Waals surface area contributed by atoms with Crippen LogP contribution in [0.5, 0.6) is 0 Å². The van der Waals surface area contributed by atoms with E-state index in [-0.39, 0.29) is 12.2 Å². The highest BCUT2D eigenvalue weighted by Crippen LogP contribution is 2.24. The van der Waals surface area contributed by atoms with Gasteiger partial charge in [-0.1, -0.05) is 48.5 Å². The van der Waals surface area contributed by atoms with Crippen molar-refractivity contribution in [2.24, 2.45) is 5.73 Å². The maximum Gasteiger partial charge on any atom is 0.312 e. The van der Waals surface area contributed by atoms with Crippen LogP contribution in [0.25, 0.3) is 11.0 Å². The molecule has 0 bridgehead atoms. The van der Waals surface area contributed by atoms with Crippen LogP contribution in [0.3, 0.4) is 0 Å². The Hall–Kier alpha value is -3.81. The zero-order valence-corrected chi connectivity index (χ0v) is 15.2. The Kier molecular flexibility index (Phi) is 5.59. The van der Waals surface area contributed by atoms with Crippen LogP contribution in [0.2, 0.25) is 0 Å². The van der Waals surface area contributed by atoms with Crippen LogP contribution in [-0.4, -0.2) is 17.8 Å². The number of benzene rings is 2. The number of nitrogens with two attached hydrogens (primary N) is 1. The highest BCUT2D eigenvalue weighted by Gasteiger charge is 2.20. The lowest BCUT2D eigenvalue weighted by molar-refractivity contribution is -0.122. The van der Waals surface area contributed by atoms with Crippen molar-refractivity contribution in [3.05, 3.63) is 71.5 Å². The molecule has 3 aromatic rings. The Morgan fingerprint density at radius 3 is 2.36 bits per heavy atom. The molecule has 144 valence electrons. The summed E-state index contributed by atoms with van der Waals surface area (Å²) >= 11 is 0. The number of aryl methyl sites for hydroxylation is 1. The molecule has 0 aliphatic heterocycles. The van der Waals surface area contributed by atoms with Gasteiger partial charge >= 0.3 is 11.9 Å². The highest BCUT2D eigenvalue weighted by atomic mass is 16.3. The predicted molar refractivity (Wildman–Crippen MR) is 103 cm³/mol. The monoisotopic (exact) mass is 380 g/mol. The number of rotatable bonds is 5. The van der Waals surface area contributed by atoms with E-state index in [1.807, 2.05) is 24.3 Å². The molecule has 0 saturated carbocycles. The van der Waals surface area contributed by atoms with Gasteiger partial charge in [-0.2, -0.15) is 0 Å². The summed E-state index contributed by atoms with van der Waals surface area (Å²) in [5, 5.41) is 3.35. The third-order valence-corrected chi connectivity index (χ3v) is 4.27. The summed E-state index contributed by atoms with van der Waals surface area (Å²) in [5.74, 6) is -0.942. The fraction of sp³-hybridized carbons (Fsp3) is 0.150. The van der Waals surface area contributed by atoms with E-state index in [0.29, 0.717) is 11.1 Å². The van der Waals surface area contributed by atoms with Gasteiger partial charge in [-0.25, -0.2) is 4.79 Å². The Morgan fingerprint density at radius 1 is 1.00 bits per heavy atom. The molecule has 1 aromatic heterocycles. The van der Waals surface area contributed by atoms with Crippen molar-refractivity contribution in [3.8, 4) is 0 Å². The summed E-state index contributed by atoms with van der Waals surface area (Å²) in [6.07, 6.45) is -0.105. The minimum Gasteiger partial charge on any atom is -0.451 e. The average molecular weight is 380 g/mol. The van der Waals surface area contributed by atoms with Gasteiger partial charge in [0.25, 0.3) is 0 Å². The molecule has 0 saturated heterocycles. The number of hydrazine groups is 1. The van der Waals surface area contributed by atoms with Gasteiger partial charge < -0.3 is 15.5 Å². The fourth-order valence-corrected chi connectivity index (χ4v) is 2.92. The van der Waals surface area contributed by atoms with Gasteiger partial charge in [0, 0.05) is 10.9 Å². The lowest BCUT2D eigenvalue weighted by Crippen LogP contribution is -2.44. The van der Waals surface area contributed by atoms with E-state index in [1.54, 1.807) is 37.3 Å². The third-order valence-electron chi connectivity index (χ3n) is 4.27. The highest BCUT2D eigenvalue weighted by molar-refractivity contribution is 5.99. The molecule has 2 aromatic carbocycles. The van der Waals surface area contributed by atoms with Crippen molar-refractivity contribution >= 4 is 28.8 Å². The first kappa shape index (κ1) is 19.0. The van der Waals surface area contributed by atoms with Crippen LogP contribution in [0.15, 0.2) is 59.0 Å². The average Bonchev–Trinajstić information content (AvgIpc) is 3.03. The number of carbonyl (C=O) groups excluding carboxylic acids is 3. The summed E-state index contributed by atoms with van der Waals surface area (Å²) < 4.78 is 5.56. The van der Waals surface area contributed by atoms with E-state index in [0.717, 1.165) is 10.9 Å². The van der Waals surface area contributed by atoms with Crippen molar-refractivity contribution in [3.63, 3.8) is 0 Å².